The van der Waals surface area contributed by atoms with Gasteiger partial charge in [-0.25, -0.2) is 9.97 Å². The van der Waals surface area contributed by atoms with Gasteiger partial charge in [-0.2, -0.15) is 0 Å². The molecule has 1 aliphatic heterocycles. The van der Waals surface area contributed by atoms with Crippen molar-refractivity contribution in [2.75, 3.05) is 24.5 Å². The van der Waals surface area contributed by atoms with Gasteiger partial charge in [0.15, 0.2) is 0 Å². The quantitative estimate of drug-likeness (QED) is 0.791. The minimum absolute atomic E-state index is 0.0204. The molecule has 120 valence electrons. The van der Waals surface area contributed by atoms with E-state index in [1.165, 1.54) is 0 Å². The zero-order chi connectivity index (χ0) is 16.4. The molecular weight excluding hydrogens is 306 g/mol. The maximum atomic E-state index is 11.6. The lowest BCUT2D eigenvalue weighted by Crippen LogP contribution is -2.48. The standard InChI is InChI=1S/C17H15N5O2/c23-15-10-22(7-6-19-15)17-20-9-14(12-1-4-18-5-2-12)16(21-17)13-3-8-24-11-13/h1-5,8-9,11H,6-7,10H2,(H,19,23). The Bertz CT molecular complexity index is 849. The maximum absolute atomic E-state index is 11.6. The van der Waals surface area contributed by atoms with Crippen LogP contribution >= 0.6 is 0 Å². The van der Waals surface area contributed by atoms with Crippen molar-refractivity contribution in [1.82, 2.24) is 20.3 Å². The third-order valence-corrected chi connectivity index (χ3v) is 3.88. The number of rotatable bonds is 3. The molecule has 0 atom stereocenters. The van der Waals surface area contributed by atoms with Gasteiger partial charge in [-0.15, -0.1) is 0 Å². The zero-order valence-electron chi connectivity index (χ0n) is 12.8. The molecule has 4 rings (SSSR count). The fraction of sp³-hybridized carbons (Fsp3) is 0.176. The topological polar surface area (TPSA) is 84.2 Å². The first-order chi connectivity index (χ1) is 11.8. The van der Waals surface area contributed by atoms with Gasteiger partial charge in [0.25, 0.3) is 0 Å². The van der Waals surface area contributed by atoms with E-state index in [1.807, 2.05) is 23.1 Å². The summed E-state index contributed by atoms with van der Waals surface area (Å²) in [5.41, 5.74) is 3.51. The van der Waals surface area contributed by atoms with Crippen molar-refractivity contribution < 1.29 is 9.21 Å². The Labute approximate surface area is 138 Å². The molecule has 3 aromatic heterocycles. The van der Waals surface area contributed by atoms with Crippen LogP contribution in [-0.4, -0.2) is 40.5 Å². The van der Waals surface area contributed by atoms with Crippen LogP contribution in [-0.2, 0) is 4.79 Å². The van der Waals surface area contributed by atoms with Gasteiger partial charge in [0.2, 0.25) is 11.9 Å². The largest absolute Gasteiger partial charge is 0.472 e. The Kier molecular flexibility index (Phi) is 3.66. The number of anilines is 1. The Morgan fingerprint density at radius 3 is 2.79 bits per heavy atom. The number of aromatic nitrogens is 3. The fourth-order valence-corrected chi connectivity index (χ4v) is 2.70. The van der Waals surface area contributed by atoms with Crippen molar-refractivity contribution in [3.05, 3.63) is 49.3 Å². The third-order valence-electron chi connectivity index (χ3n) is 3.88. The number of hydrogen-bond donors (Lipinski definition) is 1. The van der Waals surface area contributed by atoms with Crippen molar-refractivity contribution in [1.29, 1.82) is 0 Å². The number of furan rings is 1. The Balaban J connectivity index is 1.80. The van der Waals surface area contributed by atoms with Gasteiger partial charge < -0.3 is 14.6 Å². The molecule has 24 heavy (non-hydrogen) atoms. The van der Waals surface area contributed by atoms with Crippen LogP contribution in [0.15, 0.2) is 53.7 Å². The van der Waals surface area contributed by atoms with E-state index in [1.54, 1.807) is 31.1 Å². The van der Waals surface area contributed by atoms with Crippen LogP contribution < -0.4 is 10.2 Å². The smallest absolute Gasteiger partial charge is 0.239 e. The molecule has 3 aromatic rings. The minimum Gasteiger partial charge on any atom is -0.472 e. The zero-order valence-corrected chi connectivity index (χ0v) is 12.8. The number of piperazine rings is 1. The first-order valence-corrected chi connectivity index (χ1v) is 7.63. The normalized spacial score (nSPS) is 14.5. The van der Waals surface area contributed by atoms with Crippen molar-refractivity contribution in [2.24, 2.45) is 0 Å². The lowest BCUT2D eigenvalue weighted by atomic mass is 10.0. The van der Waals surface area contributed by atoms with Gasteiger partial charge in [0, 0.05) is 42.8 Å². The Morgan fingerprint density at radius 1 is 1.17 bits per heavy atom. The predicted octanol–water partition coefficient (Wildman–Crippen LogP) is 1.73. The minimum atomic E-state index is -0.0204. The van der Waals surface area contributed by atoms with E-state index >= 15 is 0 Å². The lowest BCUT2D eigenvalue weighted by Gasteiger charge is -2.27. The van der Waals surface area contributed by atoms with Gasteiger partial charge >= 0.3 is 0 Å². The summed E-state index contributed by atoms with van der Waals surface area (Å²) in [5, 5.41) is 2.80. The highest BCUT2D eigenvalue weighted by molar-refractivity contribution is 5.83. The second-order valence-corrected chi connectivity index (χ2v) is 5.45. The second kappa shape index (κ2) is 6.11. The van der Waals surface area contributed by atoms with Crippen LogP contribution in [0.4, 0.5) is 5.95 Å². The molecule has 0 unspecified atom stereocenters. The van der Waals surface area contributed by atoms with Gasteiger partial charge in [-0.3, -0.25) is 9.78 Å². The molecule has 0 aromatic carbocycles. The van der Waals surface area contributed by atoms with Crippen LogP contribution in [0.25, 0.3) is 22.4 Å². The van der Waals surface area contributed by atoms with Crippen LogP contribution in [0.2, 0.25) is 0 Å². The number of pyridine rings is 1. The number of carbonyl (C=O) groups is 1. The number of nitrogens with zero attached hydrogens (tertiary/aromatic N) is 4. The van der Waals surface area contributed by atoms with Gasteiger partial charge in [0.1, 0.15) is 0 Å². The molecule has 7 heteroatoms. The molecule has 0 spiro atoms. The Morgan fingerprint density at radius 2 is 2.04 bits per heavy atom. The maximum Gasteiger partial charge on any atom is 0.239 e. The summed E-state index contributed by atoms with van der Waals surface area (Å²) in [4.78, 5) is 26.7. The molecular formula is C17H15N5O2. The molecule has 1 aliphatic rings. The number of amides is 1. The van der Waals surface area contributed by atoms with Gasteiger partial charge in [-0.1, -0.05) is 0 Å². The highest BCUT2D eigenvalue weighted by atomic mass is 16.3. The summed E-state index contributed by atoms with van der Waals surface area (Å²) in [6.45, 7) is 1.54. The summed E-state index contributed by atoms with van der Waals surface area (Å²) in [5.74, 6) is 0.520. The van der Waals surface area contributed by atoms with Crippen molar-refractivity contribution >= 4 is 11.9 Å². The summed E-state index contributed by atoms with van der Waals surface area (Å²) in [6.07, 6.45) is 8.52. The lowest BCUT2D eigenvalue weighted by molar-refractivity contribution is -0.120. The van der Waals surface area contributed by atoms with E-state index in [9.17, 15) is 4.79 Å². The highest BCUT2D eigenvalue weighted by Gasteiger charge is 2.21. The summed E-state index contributed by atoms with van der Waals surface area (Å²) < 4.78 is 5.21. The van der Waals surface area contributed by atoms with Crippen LogP contribution in [0.1, 0.15) is 0 Å². The highest BCUT2D eigenvalue weighted by Crippen LogP contribution is 2.31. The second-order valence-electron chi connectivity index (χ2n) is 5.45. The molecule has 0 radical (unpaired) electrons. The summed E-state index contributed by atoms with van der Waals surface area (Å²) in [7, 11) is 0. The molecule has 7 nitrogen and oxygen atoms in total. The van der Waals surface area contributed by atoms with E-state index in [-0.39, 0.29) is 12.5 Å². The molecule has 4 heterocycles. The van der Waals surface area contributed by atoms with Crippen LogP contribution in [0.3, 0.4) is 0 Å². The molecule has 1 fully saturated rings. The van der Waals surface area contributed by atoms with Crippen molar-refractivity contribution in [2.45, 2.75) is 0 Å². The van der Waals surface area contributed by atoms with E-state index in [0.717, 1.165) is 22.4 Å². The van der Waals surface area contributed by atoms with E-state index < -0.39 is 0 Å². The average molecular weight is 321 g/mol. The number of nitrogens with one attached hydrogen (secondary N) is 1. The van der Waals surface area contributed by atoms with E-state index in [4.69, 9.17) is 9.40 Å². The van der Waals surface area contributed by atoms with Crippen LogP contribution in [0.5, 0.6) is 0 Å². The molecule has 1 amide bonds. The van der Waals surface area contributed by atoms with Crippen molar-refractivity contribution in [3.63, 3.8) is 0 Å². The number of hydrogen-bond acceptors (Lipinski definition) is 6. The summed E-state index contributed by atoms with van der Waals surface area (Å²) in [6, 6.07) is 5.69. The molecule has 0 aliphatic carbocycles. The summed E-state index contributed by atoms with van der Waals surface area (Å²) >= 11 is 0. The first kappa shape index (κ1) is 14.4. The Hall–Kier alpha value is -3.22. The molecule has 1 saturated heterocycles. The fourth-order valence-electron chi connectivity index (χ4n) is 2.70. The first-order valence-electron chi connectivity index (χ1n) is 7.63. The predicted molar refractivity (Wildman–Crippen MR) is 88.2 cm³/mol. The number of carbonyl (C=O) groups excluding carboxylic acids is 1. The van der Waals surface area contributed by atoms with E-state index in [2.05, 4.69) is 15.3 Å². The molecule has 0 bridgehead atoms. The average Bonchev–Trinajstić information content (AvgIpc) is 3.16. The molecule has 0 saturated carbocycles. The SMILES string of the molecule is O=C1CN(c2ncc(-c3ccncc3)c(-c3ccoc3)n2)CCN1. The third kappa shape index (κ3) is 2.71. The van der Waals surface area contributed by atoms with Crippen molar-refractivity contribution in [3.8, 4) is 22.4 Å². The van der Waals surface area contributed by atoms with E-state index in [0.29, 0.717) is 19.0 Å². The monoisotopic (exact) mass is 321 g/mol. The van der Waals surface area contributed by atoms with Gasteiger partial charge in [0.05, 0.1) is 24.8 Å². The molecule has 1 N–H and O–H groups in total. The van der Waals surface area contributed by atoms with Crippen LogP contribution in [0, 0.1) is 0 Å². The van der Waals surface area contributed by atoms with Gasteiger partial charge in [-0.05, 0) is 23.8 Å².